The molecule has 0 aliphatic carbocycles. The number of hydrogen-bond acceptors (Lipinski definition) is 6. The fraction of sp³-hybridized carbons (Fsp3) is 0.429. The summed E-state index contributed by atoms with van der Waals surface area (Å²) in [5.41, 5.74) is 0. The van der Waals surface area contributed by atoms with E-state index >= 15 is 0 Å². The molecule has 0 atom stereocenters. The van der Waals surface area contributed by atoms with Crippen LogP contribution in [0.5, 0.6) is 5.75 Å². The van der Waals surface area contributed by atoms with Gasteiger partial charge in [0.25, 0.3) is 0 Å². The Balaban J connectivity index is 0.000000688. The molecule has 1 aromatic rings. The molecule has 0 aliphatic heterocycles. The lowest BCUT2D eigenvalue weighted by Crippen LogP contribution is -2.23. The molecular formula is C14H20BrNO7. The van der Waals surface area contributed by atoms with Gasteiger partial charge in [0.05, 0.1) is 19.8 Å². The summed E-state index contributed by atoms with van der Waals surface area (Å²) in [6.45, 7) is 3.26. The fourth-order valence-electron chi connectivity index (χ4n) is 1.20. The van der Waals surface area contributed by atoms with E-state index in [0.29, 0.717) is 26.4 Å². The van der Waals surface area contributed by atoms with Gasteiger partial charge in [-0.05, 0) is 24.3 Å². The van der Waals surface area contributed by atoms with Crippen LogP contribution in [0, 0.1) is 0 Å². The van der Waals surface area contributed by atoms with Gasteiger partial charge in [-0.1, -0.05) is 15.9 Å². The van der Waals surface area contributed by atoms with E-state index < -0.39 is 11.9 Å². The lowest BCUT2D eigenvalue weighted by Gasteiger charge is -2.07. The second-order valence-electron chi connectivity index (χ2n) is 4.00. The maximum Gasteiger partial charge on any atom is 0.414 e. The molecule has 0 saturated heterocycles. The number of benzene rings is 1. The van der Waals surface area contributed by atoms with Gasteiger partial charge in [0.15, 0.2) is 0 Å². The lowest BCUT2D eigenvalue weighted by atomic mass is 10.3. The van der Waals surface area contributed by atoms with Gasteiger partial charge in [-0.25, -0.2) is 9.59 Å². The third kappa shape index (κ3) is 13.7. The van der Waals surface area contributed by atoms with Gasteiger partial charge in [-0.2, -0.15) is 0 Å². The predicted molar refractivity (Wildman–Crippen MR) is 85.7 cm³/mol. The van der Waals surface area contributed by atoms with E-state index in [-0.39, 0.29) is 6.61 Å². The molecule has 0 aromatic heterocycles. The van der Waals surface area contributed by atoms with Crippen molar-refractivity contribution in [1.82, 2.24) is 5.32 Å². The summed E-state index contributed by atoms with van der Waals surface area (Å²) in [5, 5.41) is 26.3. The Morgan fingerprint density at radius 1 is 1.00 bits per heavy atom. The van der Waals surface area contributed by atoms with E-state index in [0.717, 1.165) is 16.8 Å². The van der Waals surface area contributed by atoms with Crippen molar-refractivity contribution >= 4 is 27.9 Å². The summed E-state index contributed by atoms with van der Waals surface area (Å²) >= 11 is 3.36. The van der Waals surface area contributed by atoms with Gasteiger partial charge >= 0.3 is 11.9 Å². The van der Waals surface area contributed by atoms with Crippen molar-refractivity contribution in [3.63, 3.8) is 0 Å². The van der Waals surface area contributed by atoms with Gasteiger partial charge in [-0.3, -0.25) is 0 Å². The minimum Gasteiger partial charge on any atom is -0.491 e. The number of carboxylic acid groups (broad SMARTS) is 2. The van der Waals surface area contributed by atoms with Crippen LogP contribution >= 0.6 is 15.9 Å². The highest BCUT2D eigenvalue weighted by atomic mass is 79.9. The van der Waals surface area contributed by atoms with E-state index in [4.69, 9.17) is 34.4 Å². The number of nitrogens with one attached hydrogen (secondary N) is 1. The van der Waals surface area contributed by atoms with Crippen molar-refractivity contribution in [3.8, 4) is 5.75 Å². The number of ether oxygens (including phenoxy) is 2. The number of carboxylic acids is 2. The largest absolute Gasteiger partial charge is 0.491 e. The van der Waals surface area contributed by atoms with Crippen molar-refractivity contribution in [1.29, 1.82) is 0 Å². The van der Waals surface area contributed by atoms with Crippen molar-refractivity contribution in [3.05, 3.63) is 28.7 Å². The molecule has 1 aromatic carbocycles. The first-order valence-corrected chi connectivity index (χ1v) is 7.50. The summed E-state index contributed by atoms with van der Waals surface area (Å²) in [6, 6.07) is 7.70. The predicted octanol–water partition coefficient (Wildman–Crippen LogP) is 0.582. The minimum atomic E-state index is -1.82. The van der Waals surface area contributed by atoms with Crippen LogP contribution in [0.4, 0.5) is 0 Å². The standard InChI is InChI=1S/C12H18BrNO3.C2H2O4/c13-11-1-3-12(4-2-11)17-10-9-16-8-6-14-5-7-15;3-1(4)2(5)6/h1-4,14-15H,5-10H2;(H,3,4)(H,5,6). The smallest absolute Gasteiger partial charge is 0.414 e. The Kier molecular flexibility index (Phi) is 12.9. The molecule has 0 saturated carbocycles. The molecule has 9 heteroatoms. The molecule has 0 heterocycles. The quantitative estimate of drug-likeness (QED) is 0.354. The Morgan fingerprint density at radius 2 is 1.61 bits per heavy atom. The van der Waals surface area contributed by atoms with E-state index in [1.54, 1.807) is 0 Å². The average molecular weight is 394 g/mol. The number of carbonyl (C=O) groups is 2. The Bertz CT molecular complexity index is 441. The van der Waals surface area contributed by atoms with Crippen molar-refractivity contribution < 1.29 is 34.4 Å². The SMILES string of the molecule is O=C(O)C(=O)O.OCCNCCOCCOc1ccc(Br)cc1. The first-order valence-electron chi connectivity index (χ1n) is 6.71. The molecular weight excluding hydrogens is 374 g/mol. The van der Waals surface area contributed by atoms with E-state index in [1.807, 2.05) is 24.3 Å². The second-order valence-corrected chi connectivity index (χ2v) is 4.91. The molecule has 0 amide bonds. The zero-order valence-electron chi connectivity index (χ0n) is 12.4. The van der Waals surface area contributed by atoms with Crippen LogP contribution < -0.4 is 10.1 Å². The van der Waals surface area contributed by atoms with Gasteiger partial charge in [0, 0.05) is 17.6 Å². The van der Waals surface area contributed by atoms with E-state index in [1.165, 1.54) is 0 Å². The summed E-state index contributed by atoms with van der Waals surface area (Å²) in [4.78, 5) is 18.2. The van der Waals surface area contributed by atoms with Crippen LogP contribution in [0.25, 0.3) is 0 Å². The number of hydrogen-bond donors (Lipinski definition) is 4. The van der Waals surface area contributed by atoms with Crippen LogP contribution in [-0.4, -0.2) is 66.8 Å². The number of aliphatic hydroxyl groups is 1. The highest BCUT2D eigenvalue weighted by Crippen LogP contribution is 2.15. The first-order chi connectivity index (χ1) is 11.0. The molecule has 0 radical (unpaired) electrons. The van der Waals surface area contributed by atoms with Crippen molar-refractivity contribution in [2.75, 3.05) is 39.5 Å². The molecule has 0 aliphatic rings. The van der Waals surface area contributed by atoms with Crippen LogP contribution in [0.15, 0.2) is 28.7 Å². The topological polar surface area (TPSA) is 125 Å². The zero-order valence-corrected chi connectivity index (χ0v) is 14.0. The van der Waals surface area contributed by atoms with Gasteiger partial charge in [0.1, 0.15) is 12.4 Å². The molecule has 8 nitrogen and oxygen atoms in total. The van der Waals surface area contributed by atoms with E-state index in [2.05, 4.69) is 21.2 Å². The Labute approximate surface area is 142 Å². The second kappa shape index (κ2) is 13.9. The molecule has 0 bridgehead atoms. The van der Waals surface area contributed by atoms with Crippen molar-refractivity contribution in [2.24, 2.45) is 0 Å². The Morgan fingerprint density at radius 3 is 2.13 bits per heavy atom. The highest BCUT2D eigenvalue weighted by Gasteiger charge is 2.04. The zero-order chi connectivity index (χ0) is 17.5. The van der Waals surface area contributed by atoms with Crippen LogP contribution in [0.3, 0.4) is 0 Å². The third-order valence-corrected chi connectivity index (χ3v) is 2.73. The first kappa shape index (κ1) is 21.3. The number of rotatable bonds is 9. The Hall–Kier alpha value is -1.68. The summed E-state index contributed by atoms with van der Waals surface area (Å²) in [6.07, 6.45) is 0. The molecule has 23 heavy (non-hydrogen) atoms. The molecule has 0 fully saturated rings. The summed E-state index contributed by atoms with van der Waals surface area (Å²) in [7, 11) is 0. The normalized spacial score (nSPS) is 9.65. The molecule has 130 valence electrons. The maximum atomic E-state index is 9.10. The molecule has 0 spiro atoms. The molecule has 0 unspecified atom stereocenters. The molecule has 1 rings (SSSR count). The van der Waals surface area contributed by atoms with E-state index in [9.17, 15) is 0 Å². The third-order valence-electron chi connectivity index (χ3n) is 2.20. The van der Waals surface area contributed by atoms with Crippen LogP contribution in [0.2, 0.25) is 0 Å². The van der Waals surface area contributed by atoms with Gasteiger partial charge < -0.3 is 30.1 Å². The number of halogens is 1. The van der Waals surface area contributed by atoms with Crippen LogP contribution in [-0.2, 0) is 14.3 Å². The lowest BCUT2D eigenvalue weighted by molar-refractivity contribution is -0.159. The van der Waals surface area contributed by atoms with Crippen LogP contribution in [0.1, 0.15) is 0 Å². The monoisotopic (exact) mass is 393 g/mol. The van der Waals surface area contributed by atoms with Crippen molar-refractivity contribution in [2.45, 2.75) is 0 Å². The highest BCUT2D eigenvalue weighted by molar-refractivity contribution is 9.10. The van der Waals surface area contributed by atoms with Gasteiger partial charge in [-0.15, -0.1) is 0 Å². The van der Waals surface area contributed by atoms with Gasteiger partial charge in [0.2, 0.25) is 0 Å². The minimum absolute atomic E-state index is 0.159. The number of aliphatic hydroxyl groups excluding tert-OH is 1. The summed E-state index contributed by atoms with van der Waals surface area (Å²) in [5.74, 6) is -2.81. The number of aliphatic carboxylic acids is 2. The fourth-order valence-corrected chi connectivity index (χ4v) is 1.46. The maximum absolute atomic E-state index is 9.10. The molecule has 4 N–H and O–H groups in total. The average Bonchev–Trinajstić information content (AvgIpc) is 2.52. The summed E-state index contributed by atoms with van der Waals surface area (Å²) < 4.78 is 11.9.